The van der Waals surface area contributed by atoms with Gasteiger partial charge >= 0.3 is 5.69 Å². The standard InChI is InChI=1S/C17H14F3N3O3/c18-14-11(9-13(23(25)26)15(19)16(14)20)17(24)21-6-8-22-7-5-10-3-1-2-4-12(10)22/h1-4,9H,5-8H2,(H,21,24). The van der Waals surface area contributed by atoms with Crippen molar-refractivity contribution in [3.05, 3.63) is 69.0 Å². The lowest BCUT2D eigenvalue weighted by molar-refractivity contribution is -0.387. The molecule has 3 rings (SSSR count). The van der Waals surface area contributed by atoms with Gasteiger partial charge in [-0.15, -0.1) is 0 Å². The number of nitrogens with one attached hydrogen (secondary N) is 1. The number of nitrogens with zero attached hydrogens (tertiary/aromatic N) is 2. The number of halogens is 3. The molecule has 9 heteroatoms. The summed E-state index contributed by atoms with van der Waals surface area (Å²) in [6.45, 7) is 1.30. The van der Waals surface area contributed by atoms with Gasteiger partial charge in [0.1, 0.15) is 0 Å². The first-order chi connectivity index (χ1) is 12.4. The molecule has 0 aliphatic carbocycles. The van der Waals surface area contributed by atoms with Crippen molar-refractivity contribution < 1.29 is 22.9 Å². The molecule has 136 valence electrons. The summed E-state index contributed by atoms with van der Waals surface area (Å²) < 4.78 is 40.6. The number of benzene rings is 2. The topological polar surface area (TPSA) is 75.5 Å². The summed E-state index contributed by atoms with van der Waals surface area (Å²) in [5.41, 5.74) is 0.0254. The molecule has 0 spiro atoms. The Balaban J connectivity index is 1.69. The Morgan fingerprint density at radius 3 is 2.65 bits per heavy atom. The number of rotatable bonds is 5. The molecule has 1 heterocycles. The van der Waals surface area contributed by atoms with Crippen LogP contribution in [0.25, 0.3) is 0 Å². The van der Waals surface area contributed by atoms with Gasteiger partial charge in [-0.2, -0.15) is 4.39 Å². The molecule has 2 aromatic carbocycles. The molecule has 0 saturated heterocycles. The lowest BCUT2D eigenvalue weighted by atomic mass is 10.1. The average molecular weight is 365 g/mol. The quantitative estimate of drug-likeness (QED) is 0.502. The second kappa shape index (κ2) is 7.03. The van der Waals surface area contributed by atoms with Crippen molar-refractivity contribution in [2.45, 2.75) is 6.42 Å². The van der Waals surface area contributed by atoms with E-state index in [1.807, 2.05) is 29.2 Å². The van der Waals surface area contributed by atoms with Crippen LogP contribution in [0.3, 0.4) is 0 Å². The second-order valence-corrected chi connectivity index (χ2v) is 5.76. The van der Waals surface area contributed by atoms with Gasteiger partial charge in [0.05, 0.1) is 10.5 Å². The first kappa shape index (κ1) is 17.7. The van der Waals surface area contributed by atoms with Crippen molar-refractivity contribution in [3.8, 4) is 0 Å². The minimum Gasteiger partial charge on any atom is -0.369 e. The minimum absolute atomic E-state index is 0.111. The minimum atomic E-state index is -2.04. The highest BCUT2D eigenvalue weighted by Gasteiger charge is 2.28. The van der Waals surface area contributed by atoms with E-state index in [-0.39, 0.29) is 6.54 Å². The van der Waals surface area contributed by atoms with Crippen LogP contribution in [0.2, 0.25) is 0 Å². The van der Waals surface area contributed by atoms with Gasteiger partial charge in [-0.25, -0.2) is 8.78 Å². The van der Waals surface area contributed by atoms with Crippen molar-refractivity contribution in [1.82, 2.24) is 5.32 Å². The maximum atomic E-state index is 13.8. The number of carbonyl (C=O) groups excluding carboxylic acids is 1. The van der Waals surface area contributed by atoms with Crippen LogP contribution in [0.4, 0.5) is 24.5 Å². The molecule has 0 bridgehead atoms. The van der Waals surface area contributed by atoms with E-state index in [2.05, 4.69) is 5.32 Å². The molecule has 0 unspecified atom stereocenters. The summed E-state index contributed by atoms with van der Waals surface area (Å²) >= 11 is 0. The van der Waals surface area contributed by atoms with Crippen LogP contribution in [0.5, 0.6) is 0 Å². The van der Waals surface area contributed by atoms with Crippen molar-refractivity contribution in [3.63, 3.8) is 0 Å². The van der Waals surface area contributed by atoms with E-state index >= 15 is 0 Å². The SMILES string of the molecule is O=C(NCCN1CCc2ccccc21)c1cc([N+](=O)[O-])c(F)c(F)c1F. The zero-order valence-corrected chi connectivity index (χ0v) is 13.5. The molecule has 0 saturated carbocycles. The van der Waals surface area contributed by atoms with Crippen molar-refractivity contribution in [2.24, 2.45) is 0 Å². The highest BCUT2D eigenvalue weighted by atomic mass is 19.2. The number of para-hydroxylation sites is 1. The third-order valence-corrected chi connectivity index (χ3v) is 4.22. The number of nitro groups is 1. The third kappa shape index (κ3) is 3.19. The number of fused-ring (bicyclic) bond motifs is 1. The molecule has 0 radical (unpaired) electrons. The van der Waals surface area contributed by atoms with E-state index in [1.54, 1.807) is 0 Å². The highest BCUT2D eigenvalue weighted by molar-refractivity contribution is 5.95. The predicted molar refractivity (Wildman–Crippen MR) is 87.7 cm³/mol. The zero-order chi connectivity index (χ0) is 18.8. The zero-order valence-electron chi connectivity index (χ0n) is 13.5. The molecule has 1 amide bonds. The van der Waals surface area contributed by atoms with Crippen LogP contribution in [-0.2, 0) is 6.42 Å². The van der Waals surface area contributed by atoms with Gasteiger partial charge in [-0.1, -0.05) is 18.2 Å². The Morgan fingerprint density at radius 1 is 1.19 bits per heavy atom. The Hall–Kier alpha value is -3.10. The van der Waals surface area contributed by atoms with Crippen LogP contribution in [0, 0.1) is 27.6 Å². The molecule has 2 aromatic rings. The van der Waals surface area contributed by atoms with Crippen molar-refractivity contribution in [2.75, 3.05) is 24.5 Å². The fourth-order valence-electron chi connectivity index (χ4n) is 2.93. The highest BCUT2D eigenvalue weighted by Crippen LogP contribution is 2.27. The Bertz CT molecular complexity index is 889. The number of hydrogen-bond donors (Lipinski definition) is 1. The Labute approximate surface area is 146 Å². The van der Waals surface area contributed by atoms with E-state index < -0.39 is 39.5 Å². The fraction of sp³-hybridized carbons (Fsp3) is 0.235. The molecule has 6 nitrogen and oxygen atoms in total. The molecule has 0 atom stereocenters. The number of carbonyl (C=O) groups is 1. The van der Waals surface area contributed by atoms with E-state index in [9.17, 15) is 28.1 Å². The summed E-state index contributed by atoms with van der Waals surface area (Å²) in [5.74, 6) is -6.77. The summed E-state index contributed by atoms with van der Waals surface area (Å²) in [5, 5.41) is 13.1. The largest absolute Gasteiger partial charge is 0.369 e. The van der Waals surface area contributed by atoms with Gasteiger partial charge < -0.3 is 10.2 Å². The monoisotopic (exact) mass is 365 g/mol. The van der Waals surface area contributed by atoms with Gasteiger partial charge in [-0.05, 0) is 18.1 Å². The molecular weight excluding hydrogens is 351 g/mol. The molecule has 0 fully saturated rings. The normalized spacial score (nSPS) is 12.8. The van der Waals surface area contributed by atoms with E-state index in [0.717, 1.165) is 18.7 Å². The van der Waals surface area contributed by atoms with Crippen molar-refractivity contribution >= 4 is 17.3 Å². The maximum absolute atomic E-state index is 13.8. The van der Waals surface area contributed by atoms with Gasteiger partial charge in [0, 0.05) is 31.4 Å². The van der Waals surface area contributed by atoms with Crippen LogP contribution < -0.4 is 10.2 Å². The summed E-state index contributed by atoms with van der Waals surface area (Å²) in [7, 11) is 0. The third-order valence-electron chi connectivity index (χ3n) is 4.22. The predicted octanol–water partition coefficient (Wildman–Crippen LogP) is 2.80. The van der Waals surface area contributed by atoms with Gasteiger partial charge in [0.15, 0.2) is 5.82 Å². The van der Waals surface area contributed by atoms with E-state index in [0.29, 0.717) is 12.6 Å². The smallest absolute Gasteiger partial charge is 0.308 e. The van der Waals surface area contributed by atoms with Gasteiger partial charge in [0.2, 0.25) is 11.6 Å². The van der Waals surface area contributed by atoms with Crippen LogP contribution in [0.1, 0.15) is 15.9 Å². The fourth-order valence-corrected chi connectivity index (χ4v) is 2.93. The van der Waals surface area contributed by atoms with Crippen molar-refractivity contribution in [1.29, 1.82) is 0 Å². The average Bonchev–Trinajstić information content (AvgIpc) is 3.03. The molecule has 0 aromatic heterocycles. The lowest BCUT2D eigenvalue weighted by Gasteiger charge is -2.19. The molecule has 1 aliphatic rings. The molecule has 26 heavy (non-hydrogen) atoms. The van der Waals surface area contributed by atoms with Crippen LogP contribution in [-0.4, -0.2) is 30.5 Å². The van der Waals surface area contributed by atoms with E-state index in [4.69, 9.17) is 0 Å². The number of anilines is 1. The van der Waals surface area contributed by atoms with E-state index in [1.165, 1.54) is 5.56 Å². The Morgan fingerprint density at radius 2 is 1.92 bits per heavy atom. The molecular formula is C17H14F3N3O3. The molecule has 1 N–H and O–H groups in total. The van der Waals surface area contributed by atoms with Crippen LogP contribution >= 0.6 is 0 Å². The van der Waals surface area contributed by atoms with Gasteiger partial charge in [-0.3, -0.25) is 14.9 Å². The second-order valence-electron chi connectivity index (χ2n) is 5.76. The van der Waals surface area contributed by atoms with Gasteiger partial charge in [0.25, 0.3) is 5.91 Å². The Kier molecular flexibility index (Phi) is 4.79. The first-order valence-corrected chi connectivity index (χ1v) is 7.83. The summed E-state index contributed by atoms with van der Waals surface area (Å²) in [6, 6.07) is 8.18. The summed E-state index contributed by atoms with van der Waals surface area (Å²) in [6.07, 6.45) is 0.869. The van der Waals surface area contributed by atoms with Crippen LogP contribution in [0.15, 0.2) is 30.3 Å². The number of hydrogen-bond acceptors (Lipinski definition) is 4. The molecule has 1 aliphatic heterocycles. The summed E-state index contributed by atoms with van der Waals surface area (Å²) in [4.78, 5) is 23.6. The number of amides is 1. The number of nitro benzene ring substituents is 1. The lowest BCUT2D eigenvalue weighted by Crippen LogP contribution is -2.34. The first-order valence-electron chi connectivity index (χ1n) is 7.83. The maximum Gasteiger partial charge on any atom is 0.308 e.